The number of nitrogens with zero attached hydrogens (tertiary/aromatic N) is 2. The van der Waals surface area contributed by atoms with E-state index in [0.29, 0.717) is 24.2 Å². The molecule has 1 aliphatic heterocycles. The molecule has 1 fully saturated rings. The summed E-state index contributed by atoms with van der Waals surface area (Å²) < 4.78 is 10.7. The fourth-order valence-electron chi connectivity index (χ4n) is 1.36. The molecule has 0 amide bonds. The van der Waals surface area contributed by atoms with E-state index in [-0.39, 0.29) is 0 Å². The predicted octanol–water partition coefficient (Wildman–Crippen LogP) is 0.474. The number of anilines is 1. The highest BCUT2D eigenvalue weighted by Gasteiger charge is 2.16. The Morgan fingerprint density at radius 2 is 2.36 bits per heavy atom. The lowest BCUT2D eigenvalue weighted by atomic mass is 10.1. The van der Waals surface area contributed by atoms with Gasteiger partial charge in [-0.05, 0) is 6.42 Å². The van der Waals surface area contributed by atoms with E-state index in [9.17, 15) is 0 Å². The zero-order chi connectivity index (χ0) is 9.80. The van der Waals surface area contributed by atoms with Crippen LogP contribution < -0.4 is 10.5 Å². The number of ether oxygens (including phenoxy) is 2. The van der Waals surface area contributed by atoms with Crippen LogP contribution in [0, 0.1) is 5.92 Å². The van der Waals surface area contributed by atoms with Crippen LogP contribution in [-0.4, -0.2) is 29.8 Å². The maximum absolute atomic E-state index is 5.58. The standard InChI is InChI=1S/C9H13N3O2/c10-8-9(12-3-2-11-8)14-6-7-1-4-13-5-7/h2-3,7H,1,4-6H2,(H2,10,11). The molecule has 14 heavy (non-hydrogen) atoms. The summed E-state index contributed by atoms with van der Waals surface area (Å²) in [7, 11) is 0. The van der Waals surface area contributed by atoms with Crippen LogP contribution in [0.25, 0.3) is 0 Å². The molecule has 0 radical (unpaired) electrons. The fourth-order valence-corrected chi connectivity index (χ4v) is 1.36. The zero-order valence-electron chi connectivity index (χ0n) is 7.85. The van der Waals surface area contributed by atoms with Gasteiger partial charge in [0.2, 0.25) is 0 Å². The van der Waals surface area contributed by atoms with Gasteiger partial charge in [-0.15, -0.1) is 0 Å². The van der Waals surface area contributed by atoms with Crippen LogP contribution in [0.15, 0.2) is 12.4 Å². The number of aromatic nitrogens is 2. The lowest BCUT2D eigenvalue weighted by Crippen LogP contribution is -2.13. The van der Waals surface area contributed by atoms with Crippen LogP contribution in [0.3, 0.4) is 0 Å². The van der Waals surface area contributed by atoms with E-state index >= 15 is 0 Å². The molecule has 1 atom stereocenters. The van der Waals surface area contributed by atoms with Gasteiger partial charge in [-0.1, -0.05) is 0 Å². The number of nitrogen functional groups attached to an aromatic ring is 1. The van der Waals surface area contributed by atoms with Crippen LogP contribution in [0.2, 0.25) is 0 Å². The number of nitrogens with two attached hydrogens (primary N) is 1. The summed E-state index contributed by atoms with van der Waals surface area (Å²) in [5, 5.41) is 0. The second-order valence-electron chi connectivity index (χ2n) is 3.29. The summed E-state index contributed by atoms with van der Waals surface area (Å²) in [5.74, 6) is 1.21. The number of rotatable bonds is 3. The van der Waals surface area contributed by atoms with Gasteiger partial charge >= 0.3 is 0 Å². The van der Waals surface area contributed by atoms with Gasteiger partial charge in [-0.3, -0.25) is 0 Å². The van der Waals surface area contributed by atoms with Gasteiger partial charge in [0, 0.05) is 24.9 Å². The molecular weight excluding hydrogens is 182 g/mol. The smallest absolute Gasteiger partial charge is 0.257 e. The van der Waals surface area contributed by atoms with E-state index in [2.05, 4.69) is 9.97 Å². The van der Waals surface area contributed by atoms with Crippen molar-refractivity contribution in [1.29, 1.82) is 0 Å². The Morgan fingerprint density at radius 1 is 1.50 bits per heavy atom. The molecule has 2 heterocycles. The van der Waals surface area contributed by atoms with Gasteiger partial charge < -0.3 is 15.2 Å². The van der Waals surface area contributed by atoms with E-state index in [1.165, 1.54) is 0 Å². The summed E-state index contributed by atoms with van der Waals surface area (Å²) in [5.41, 5.74) is 5.58. The average molecular weight is 195 g/mol. The summed E-state index contributed by atoms with van der Waals surface area (Å²) in [4.78, 5) is 7.87. The molecule has 2 rings (SSSR count). The van der Waals surface area contributed by atoms with Gasteiger partial charge in [0.15, 0.2) is 5.82 Å². The highest BCUT2D eigenvalue weighted by Crippen LogP contribution is 2.17. The molecule has 2 N–H and O–H groups in total. The minimum atomic E-state index is 0.339. The Balaban J connectivity index is 1.88. The van der Waals surface area contributed by atoms with Crippen LogP contribution in [0.4, 0.5) is 5.82 Å². The first kappa shape index (κ1) is 9.21. The minimum Gasteiger partial charge on any atom is -0.475 e. The van der Waals surface area contributed by atoms with E-state index in [4.69, 9.17) is 15.2 Å². The van der Waals surface area contributed by atoms with Crippen molar-refractivity contribution >= 4 is 5.82 Å². The second-order valence-corrected chi connectivity index (χ2v) is 3.29. The van der Waals surface area contributed by atoms with Gasteiger partial charge in [0.1, 0.15) is 0 Å². The molecular formula is C9H13N3O2. The Labute approximate surface area is 82.3 Å². The largest absolute Gasteiger partial charge is 0.475 e. The maximum Gasteiger partial charge on any atom is 0.257 e. The molecule has 1 saturated heterocycles. The Kier molecular flexibility index (Phi) is 2.78. The zero-order valence-corrected chi connectivity index (χ0v) is 7.85. The first-order chi connectivity index (χ1) is 6.86. The van der Waals surface area contributed by atoms with Crippen molar-refractivity contribution in [3.63, 3.8) is 0 Å². The first-order valence-corrected chi connectivity index (χ1v) is 4.63. The predicted molar refractivity (Wildman–Crippen MR) is 50.9 cm³/mol. The molecule has 5 nitrogen and oxygen atoms in total. The third kappa shape index (κ3) is 2.11. The van der Waals surface area contributed by atoms with E-state index < -0.39 is 0 Å². The summed E-state index contributed by atoms with van der Waals surface area (Å²) >= 11 is 0. The summed E-state index contributed by atoms with van der Waals surface area (Å²) in [6.45, 7) is 2.19. The molecule has 1 aliphatic rings. The van der Waals surface area contributed by atoms with Gasteiger partial charge in [0.25, 0.3) is 5.88 Å². The Hall–Kier alpha value is -1.36. The molecule has 1 unspecified atom stereocenters. The lowest BCUT2D eigenvalue weighted by molar-refractivity contribution is 0.165. The van der Waals surface area contributed by atoms with Gasteiger partial charge in [-0.25, -0.2) is 9.97 Å². The van der Waals surface area contributed by atoms with E-state index in [1.54, 1.807) is 12.4 Å². The van der Waals surface area contributed by atoms with Crippen molar-refractivity contribution in [2.75, 3.05) is 25.6 Å². The fraction of sp³-hybridized carbons (Fsp3) is 0.556. The van der Waals surface area contributed by atoms with Crippen LogP contribution >= 0.6 is 0 Å². The van der Waals surface area contributed by atoms with Crippen LogP contribution in [0.5, 0.6) is 5.88 Å². The monoisotopic (exact) mass is 195 g/mol. The molecule has 1 aromatic heterocycles. The highest BCUT2D eigenvalue weighted by atomic mass is 16.5. The van der Waals surface area contributed by atoms with E-state index in [1.807, 2.05) is 0 Å². The van der Waals surface area contributed by atoms with Gasteiger partial charge in [0.05, 0.1) is 13.2 Å². The maximum atomic E-state index is 5.58. The van der Waals surface area contributed by atoms with Crippen molar-refractivity contribution < 1.29 is 9.47 Å². The summed E-state index contributed by atoms with van der Waals surface area (Å²) in [6, 6.07) is 0. The van der Waals surface area contributed by atoms with Crippen LogP contribution in [-0.2, 0) is 4.74 Å². The Bertz CT molecular complexity index is 300. The first-order valence-electron chi connectivity index (χ1n) is 4.63. The normalized spacial score (nSPS) is 21.0. The second kappa shape index (κ2) is 4.23. The number of hydrogen-bond acceptors (Lipinski definition) is 5. The molecule has 0 bridgehead atoms. The van der Waals surface area contributed by atoms with Crippen molar-refractivity contribution in [3.05, 3.63) is 12.4 Å². The topological polar surface area (TPSA) is 70.3 Å². The molecule has 76 valence electrons. The molecule has 0 aromatic carbocycles. The average Bonchev–Trinajstić information content (AvgIpc) is 2.69. The SMILES string of the molecule is Nc1nccnc1OCC1CCOC1. The van der Waals surface area contributed by atoms with Gasteiger partial charge in [-0.2, -0.15) is 0 Å². The third-order valence-corrected chi connectivity index (χ3v) is 2.17. The highest BCUT2D eigenvalue weighted by molar-refractivity contribution is 5.38. The molecule has 5 heteroatoms. The van der Waals surface area contributed by atoms with Crippen molar-refractivity contribution in [2.24, 2.45) is 5.92 Å². The lowest BCUT2D eigenvalue weighted by Gasteiger charge is -2.09. The molecule has 0 aliphatic carbocycles. The van der Waals surface area contributed by atoms with Crippen molar-refractivity contribution in [3.8, 4) is 5.88 Å². The quantitative estimate of drug-likeness (QED) is 0.759. The molecule has 1 aromatic rings. The Morgan fingerprint density at radius 3 is 3.07 bits per heavy atom. The summed E-state index contributed by atoms with van der Waals surface area (Å²) in [6.07, 6.45) is 4.15. The van der Waals surface area contributed by atoms with Crippen LogP contribution in [0.1, 0.15) is 6.42 Å². The van der Waals surface area contributed by atoms with Crippen molar-refractivity contribution in [1.82, 2.24) is 9.97 Å². The molecule has 0 saturated carbocycles. The number of hydrogen-bond donors (Lipinski definition) is 1. The van der Waals surface area contributed by atoms with Crippen molar-refractivity contribution in [2.45, 2.75) is 6.42 Å². The minimum absolute atomic E-state index is 0.339. The van der Waals surface area contributed by atoms with E-state index in [0.717, 1.165) is 19.6 Å². The molecule has 0 spiro atoms. The third-order valence-electron chi connectivity index (χ3n) is 2.17.